The Morgan fingerprint density at radius 1 is 0.400 bits per heavy atom. The van der Waals surface area contributed by atoms with E-state index in [-0.39, 0.29) is 0 Å². The summed E-state index contributed by atoms with van der Waals surface area (Å²) in [7, 11) is 0. The molecule has 0 radical (unpaired) electrons. The fourth-order valence-electron chi connectivity index (χ4n) is 6.30. The molecule has 0 aliphatic rings. The van der Waals surface area contributed by atoms with Crippen LogP contribution in [-0.4, -0.2) is 4.98 Å². The lowest BCUT2D eigenvalue weighted by Crippen LogP contribution is -2.10. The average Bonchev–Trinajstić information content (AvgIpc) is 3.71. The fourth-order valence-corrected chi connectivity index (χ4v) is 6.30. The van der Waals surface area contributed by atoms with Gasteiger partial charge in [0.1, 0.15) is 16.7 Å². The van der Waals surface area contributed by atoms with Crippen LogP contribution in [0.3, 0.4) is 0 Å². The van der Waals surface area contributed by atoms with Gasteiger partial charge in [-0.15, -0.1) is 0 Å². The number of nitrogens with zero attached hydrogens (tertiary/aromatic N) is 2. The maximum absolute atomic E-state index is 6.33. The molecule has 2 aromatic heterocycles. The summed E-state index contributed by atoms with van der Waals surface area (Å²) in [6.07, 6.45) is 0. The molecule has 0 unspecified atom stereocenters. The maximum atomic E-state index is 6.33. The van der Waals surface area contributed by atoms with Crippen molar-refractivity contribution in [2.45, 2.75) is 0 Å². The molecule has 0 aliphatic heterocycles. The monoisotopic (exact) mass is 578 g/mol. The molecule has 0 atom stereocenters. The van der Waals surface area contributed by atoms with Gasteiger partial charge < -0.3 is 13.7 Å². The summed E-state index contributed by atoms with van der Waals surface area (Å²) in [5.74, 6) is 0.617. The lowest BCUT2D eigenvalue weighted by Gasteiger charge is -2.26. The van der Waals surface area contributed by atoms with Crippen LogP contribution in [0.1, 0.15) is 0 Å². The van der Waals surface area contributed by atoms with E-state index < -0.39 is 0 Å². The summed E-state index contributed by atoms with van der Waals surface area (Å²) in [6, 6.07) is 54.5. The Balaban J connectivity index is 1.25. The van der Waals surface area contributed by atoms with Crippen LogP contribution in [0.5, 0.6) is 0 Å². The molecule has 0 N–H and O–H groups in total. The minimum absolute atomic E-state index is 0.617. The predicted octanol–water partition coefficient (Wildman–Crippen LogP) is 11.7. The van der Waals surface area contributed by atoms with E-state index in [1.807, 2.05) is 54.6 Å². The third-order valence-corrected chi connectivity index (χ3v) is 8.47. The molecule has 0 fully saturated rings. The first-order valence-corrected chi connectivity index (χ1v) is 15.0. The lowest BCUT2D eigenvalue weighted by molar-refractivity contribution is 0.620. The van der Waals surface area contributed by atoms with Crippen LogP contribution in [-0.2, 0) is 0 Å². The molecule has 45 heavy (non-hydrogen) atoms. The standard InChI is InChI=1S/C41H26N2O2/c1-3-10-27(11-4-1)30-14-9-15-31(24-30)43(33-21-22-35-34-16-7-8-17-37(34)44-39(35)26-33)32-20-18-28-19-23-38-40(36(28)25-32)42-41(45-38)29-12-5-2-6-13-29/h1-26H. The highest BCUT2D eigenvalue weighted by Crippen LogP contribution is 2.41. The Bertz CT molecular complexity index is 2490. The highest BCUT2D eigenvalue weighted by atomic mass is 16.3. The SMILES string of the molecule is c1ccc(-c2cccc(N(c3ccc4c(c3)oc3ccccc34)c3ccc4ccc5oc(-c6ccccc6)nc5c4c3)c2)cc1. The van der Waals surface area contributed by atoms with Crippen LogP contribution in [0, 0.1) is 0 Å². The number of rotatable bonds is 5. The first kappa shape index (κ1) is 25.4. The van der Waals surface area contributed by atoms with Crippen LogP contribution in [0.4, 0.5) is 17.1 Å². The molecule has 0 amide bonds. The number of benzene rings is 7. The minimum atomic E-state index is 0.617. The summed E-state index contributed by atoms with van der Waals surface area (Å²) in [5, 5.41) is 4.35. The molecule has 0 bridgehead atoms. The zero-order valence-electron chi connectivity index (χ0n) is 24.2. The average molecular weight is 579 g/mol. The molecule has 0 spiro atoms. The van der Waals surface area contributed by atoms with Crippen molar-refractivity contribution < 1.29 is 8.83 Å². The van der Waals surface area contributed by atoms with E-state index in [0.717, 1.165) is 72.0 Å². The zero-order chi connectivity index (χ0) is 29.7. The number of hydrogen-bond donors (Lipinski definition) is 0. The summed E-state index contributed by atoms with van der Waals surface area (Å²) in [4.78, 5) is 7.26. The molecular weight excluding hydrogens is 552 g/mol. The van der Waals surface area contributed by atoms with E-state index in [1.165, 1.54) is 5.56 Å². The Morgan fingerprint density at radius 2 is 1.07 bits per heavy atom. The van der Waals surface area contributed by atoms with Gasteiger partial charge in [0.25, 0.3) is 0 Å². The third-order valence-electron chi connectivity index (χ3n) is 8.47. The Kier molecular flexibility index (Phi) is 5.78. The predicted molar refractivity (Wildman–Crippen MR) is 184 cm³/mol. The van der Waals surface area contributed by atoms with E-state index in [9.17, 15) is 0 Å². The van der Waals surface area contributed by atoms with Crippen LogP contribution >= 0.6 is 0 Å². The first-order valence-electron chi connectivity index (χ1n) is 15.0. The molecule has 0 saturated carbocycles. The minimum Gasteiger partial charge on any atom is -0.456 e. The molecule has 2 heterocycles. The van der Waals surface area contributed by atoms with Crippen LogP contribution in [0.25, 0.3) is 66.4 Å². The van der Waals surface area contributed by atoms with Crippen LogP contribution in [0.2, 0.25) is 0 Å². The molecular formula is C41H26N2O2. The first-order chi connectivity index (χ1) is 22.3. The van der Waals surface area contributed by atoms with Gasteiger partial charge in [-0.1, -0.05) is 91.0 Å². The summed E-state index contributed by atoms with van der Waals surface area (Å²) >= 11 is 0. The second-order valence-electron chi connectivity index (χ2n) is 11.2. The number of oxazole rings is 1. The fraction of sp³-hybridized carbons (Fsp3) is 0. The molecule has 9 aromatic rings. The second kappa shape index (κ2) is 10.2. The number of aromatic nitrogens is 1. The van der Waals surface area contributed by atoms with Crippen molar-refractivity contribution in [1.29, 1.82) is 0 Å². The number of hydrogen-bond acceptors (Lipinski definition) is 4. The Morgan fingerprint density at radius 3 is 1.93 bits per heavy atom. The van der Waals surface area contributed by atoms with E-state index in [1.54, 1.807) is 0 Å². The highest BCUT2D eigenvalue weighted by molar-refractivity contribution is 6.08. The molecule has 0 aliphatic carbocycles. The van der Waals surface area contributed by atoms with Gasteiger partial charge in [-0.25, -0.2) is 4.98 Å². The van der Waals surface area contributed by atoms with E-state index in [4.69, 9.17) is 13.8 Å². The van der Waals surface area contributed by atoms with Gasteiger partial charge >= 0.3 is 0 Å². The number of anilines is 3. The Hall–Kier alpha value is -6.13. The van der Waals surface area contributed by atoms with Crippen molar-refractivity contribution in [1.82, 2.24) is 4.98 Å². The van der Waals surface area contributed by atoms with Gasteiger partial charge in [-0.3, -0.25) is 0 Å². The topological polar surface area (TPSA) is 42.4 Å². The van der Waals surface area contributed by atoms with E-state index >= 15 is 0 Å². The van der Waals surface area contributed by atoms with Crippen molar-refractivity contribution in [3.05, 3.63) is 158 Å². The van der Waals surface area contributed by atoms with Crippen LogP contribution in [0.15, 0.2) is 167 Å². The van der Waals surface area contributed by atoms with Crippen molar-refractivity contribution in [3.8, 4) is 22.6 Å². The highest BCUT2D eigenvalue weighted by Gasteiger charge is 2.18. The number of para-hydroxylation sites is 1. The second-order valence-corrected chi connectivity index (χ2v) is 11.2. The van der Waals surface area contributed by atoms with Gasteiger partial charge in [0, 0.05) is 44.9 Å². The largest absolute Gasteiger partial charge is 0.456 e. The van der Waals surface area contributed by atoms with Crippen molar-refractivity contribution >= 4 is 60.9 Å². The smallest absolute Gasteiger partial charge is 0.227 e. The normalized spacial score (nSPS) is 11.6. The quantitative estimate of drug-likeness (QED) is 0.204. The van der Waals surface area contributed by atoms with Gasteiger partial charge in [0.2, 0.25) is 5.89 Å². The molecule has 212 valence electrons. The molecule has 4 nitrogen and oxygen atoms in total. The van der Waals surface area contributed by atoms with E-state index in [2.05, 4.69) is 108 Å². The third kappa shape index (κ3) is 4.35. The number of fused-ring (bicyclic) bond motifs is 6. The van der Waals surface area contributed by atoms with Gasteiger partial charge in [0.05, 0.1) is 0 Å². The zero-order valence-corrected chi connectivity index (χ0v) is 24.2. The molecule has 0 saturated heterocycles. The van der Waals surface area contributed by atoms with E-state index in [0.29, 0.717) is 5.89 Å². The van der Waals surface area contributed by atoms with Crippen molar-refractivity contribution in [3.63, 3.8) is 0 Å². The van der Waals surface area contributed by atoms with Gasteiger partial charge in [-0.2, -0.15) is 0 Å². The van der Waals surface area contributed by atoms with Gasteiger partial charge in [0.15, 0.2) is 5.58 Å². The van der Waals surface area contributed by atoms with Crippen LogP contribution < -0.4 is 4.90 Å². The molecule has 9 rings (SSSR count). The maximum Gasteiger partial charge on any atom is 0.227 e. The Labute approximate surface area is 259 Å². The van der Waals surface area contributed by atoms with Crippen molar-refractivity contribution in [2.24, 2.45) is 0 Å². The lowest BCUT2D eigenvalue weighted by atomic mass is 10.0. The summed E-state index contributed by atoms with van der Waals surface area (Å²) in [5.41, 5.74) is 9.68. The molecule has 7 aromatic carbocycles. The van der Waals surface area contributed by atoms with Crippen molar-refractivity contribution in [2.75, 3.05) is 4.90 Å². The van der Waals surface area contributed by atoms with Gasteiger partial charge in [-0.05, 0) is 77.2 Å². The molecule has 4 heteroatoms. The summed E-state index contributed by atoms with van der Waals surface area (Å²) in [6.45, 7) is 0. The summed E-state index contributed by atoms with van der Waals surface area (Å²) < 4.78 is 12.6. The number of furan rings is 1.